The molecule has 3 aromatic rings. The third-order valence-corrected chi connectivity index (χ3v) is 5.87. The quantitative estimate of drug-likeness (QED) is 0.692. The van der Waals surface area contributed by atoms with Gasteiger partial charge < -0.3 is 19.7 Å². The number of rotatable bonds is 2. The lowest BCUT2D eigenvalue weighted by Crippen LogP contribution is -2.26. The monoisotopic (exact) mass is 396 g/mol. The van der Waals surface area contributed by atoms with Crippen molar-refractivity contribution in [3.63, 3.8) is 0 Å². The van der Waals surface area contributed by atoms with Gasteiger partial charge in [-0.1, -0.05) is 11.6 Å². The smallest absolute Gasteiger partial charge is 0.341 e. The molecule has 2 aliphatic rings. The van der Waals surface area contributed by atoms with Crippen LogP contribution in [0.15, 0.2) is 35.3 Å². The molecule has 0 radical (unpaired) electrons. The molecule has 0 spiro atoms. The molecule has 2 aromatic carbocycles. The molecule has 0 saturated carbocycles. The van der Waals surface area contributed by atoms with Crippen molar-refractivity contribution in [2.45, 2.75) is 26.1 Å². The Morgan fingerprint density at radius 3 is 2.93 bits per heavy atom. The van der Waals surface area contributed by atoms with Gasteiger partial charge in [0.25, 0.3) is 0 Å². The van der Waals surface area contributed by atoms with Crippen molar-refractivity contribution < 1.29 is 14.6 Å². The first-order valence-electron chi connectivity index (χ1n) is 9.06. The highest BCUT2D eigenvalue weighted by molar-refractivity contribution is 6.31. The van der Waals surface area contributed by atoms with Crippen molar-refractivity contribution in [3.05, 3.63) is 62.4 Å². The second-order valence-corrected chi connectivity index (χ2v) is 7.69. The topological polar surface area (TPSA) is 80.6 Å². The van der Waals surface area contributed by atoms with Crippen LogP contribution >= 0.6 is 11.6 Å². The molecule has 0 fully saturated rings. The molecule has 0 bridgehead atoms. The highest BCUT2D eigenvalue weighted by Crippen LogP contribution is 2.42. The lowest BCUT2D eigenvalue weighted by molar-refractivity contribution is 0.0694. The second-order valence-electron chi connectivity index (χ2n) is 7.28. The van der Waals surface area contributed by atoms with Crippen LogP contribution in [0.2, 0.25) is 5.02 Å². The molecule has 0 amide bonds. The number of carboxylic acids is 1. The zero-order chi connectivity index (χ0) is 19.6. The molecule has 6 nitrogen and oxygen atoms in total. The number of halogens is 1. The summed E-state index contributed by atoms with van der Waals surface area (Å²) in [6, 6.07) is 7.41. The summed E-state index contributed by atoms with van der Waals surface area (Å²) in [5.74, 6) is -0.635. The number of pyridine rings is 1. The summed E-state index contributed by atoms with van der Waals surface area (Å²) in [6.45, 7) is 3.84. The minimum absolute atomic E-state index is 0.0863. The number of hydrogen-bond acceptors (Lipinski definition) is 4. The average molecular weight is 397 g/mol. The van der Waals surface area contributed by atoms with Gasteiger partial charge in [-0.25, -0.2) is 4.79 Å². The molecule has 3 heterocycles. The Kier molecular flexibility index (Phi) is 3.76. The molecule has 142 valence electrons. The second kappa shape index (κ2) is 6.09. The van der Waals surface area contributed by atoms with Crippen LogP contribution in [0.3, 0.4) is 0 Å². The lowest BCUT2D eigenvalue weighted by Gasteiger charge is -2.28. The van der Waals surface area contributed by atoms with E-state index >= 15 is 0 Å². The minimum atomic E-state index is -1.22. The van der Waals surface area contributed by atoms with Crippen LogP contribution in [0.4, 0.5) is 0 Å². The zero-order valence-corrected chi connectivity index (χ0v) is 15.8. The van der Waals surface area contributed by atoms with Gasteiger partial charge in [0.2, 0.25) is 5.43 Å². The summed E-state index contributed by atoms with van der Waals surface area (Å²) >= 11 is 6.49. The SMILES string of the molecule is C[C@H]1COc2c(-c3cc(Cl)c4c(c3)CNC4)ccc3c(=O)c(C(=O)O)cn1c23. The maximum atomic E-state index is 12.7. The third kappa shape index (κ3) is 2.38. The first-order valence-corrected chi connectivity index (χ1v) is 9.44. The van der Waals surface area contributed by atoms with Crippen LogP contribution in [0, 0.1) is 0 Å². The Balaban J connectivity index is 1.83. The average Bonchev–Trinajstić information content (AvgIpc) is 3.14. The van der Waals surface area contributed by atoms with Gasteiger partial charge in [-0.15, -0.1) is 0 Å². The number of aromatic nitrogens is 1. The fraction of sp³-hybridized carbons (Fsp3) is 0.238. The molecular formula is C21H17ClN2O4. The van der Waals surface area contributed by atoms with Gasteiger partial charge in [0, 0.05) is 29.9 Å². The van der Waals surface area contributed by atoms with E-state index in [1.54, 1.807) is 6.07 Å². The van der Waals surface area contributed by atoms with E-state index in [9.17, 15) is 14.7 Å². The Hall–Kier alpha value is -2.83. The molecule has 28 heavy (non-hydrogen) atoms. The van der Waals surface area contributed by atoms with E-state index in [2.05, 4.69) is 11.4 Å². The summed E-state index contributed by atoms with van der Waals surface area (Å²) in [5, 5.41) is 13.8. The van der Waals surface area contributed by atoms with Crippen LogP contribution in [-0.2, 0) is 13.1 Å². The maximum absolute atomic E-state index is 12.7. The number of fused-ring (bicyclic) bond motifs is 1. The fourth-order valence-electron chi connectivity index (χ4n) is 4.10. The Labute approximate surface area is 165 Å². The van der Waals surface area contributed by atoms with E-state index in [-0.39, 0.29) is 11.6 Å². The van der Waals surface area contributed by atoms with Crippen LogP contribution in [0.25, 0.3) is 22.0 Å². The van der Waals surface area contributed by atoms with Gasteiger partial charge in [-0.05, 0) is 47.9 Å². The Morgan fingerprint density at radius 2 is 2.14 bits per heavy atom. The number of hydrogen-bond donors (Lipinski definition) is 2. The van der Waals surface area contributed by atoms with E-state index in [4.69, 9.17) is 16.3 Å². The van der Waals surface area contributed by atoms with E-state index < -0.39 is 11.4 Å². The van der Waals surface area contributed by atoms with E-state index in [1.807, 2.05) is 23.6 Å². The molecule has 0 aliphatic carbocycles. The third-order valence-electron chi connectivity index (χ3n) is 5.54. The normalized spacial score (nSPS) is 17.4. The predicted molar refractivity (Wildman–Crippen MR) is 106 cm³/mol. The molecule has 2 aliphatic heterocycles. The largest absolute Gasteiger partial charge is 0.489 e. The number of ether oxygens (including phenoxy) is 1. The Morgan fingerprint density at radius 1 is 1.32 bits per heavy atom. The molecular weight excluding hydrogens is 380 g/mol. The van der Waals surface area contributed by atoms with Crippen molar-refractivity contribution in [1.29, 1.82) is 0 Å². The van der Waals surface area contributed by atoms with Gasteiger partial charge in [0.05, 0.1) is 16.9 Å². The highest BCUT2D eigenvalue weighted by atomic mass is 35.5. The summed E-state index contributed by atoms with van der Waals surface area (Å²) in [5.41, 5.74) is 3.91. The van der Waals surface area contributed by atoms with Gasteiger partial charge in [-0.3, -0.25) is 4.79 Å². The van der Waals surface area contributed by atoms with Gasteiger partial charge in [-0.2, -0.15) is 0 Å². The number of aromatic carboxylic acids is 1. The molecule has 0 saturated heterocycles. The molecule has 1 atom stereocenters. The van der Waals surface area contributed by atoms with Crippen LogP contribution in [-0.4, -0.2) is 22.2 Å². The molecule has 7 heteroatoms. The van der Waals surface area contributed by atoms with E-state index in [0.29, 0.717) is 28.3 Å². The first-order chi connectivity index (χ1) is 13.5. The fourth-order valence-corrected chi connectivity index (χ4v) is 4.41. The maximum Gasteiger partial charge on any atom is 0.341 e. The number of carboxylic acid groups (broad SMARTS) is 1. The summed E-state index contributed by atoms with van der Waals surface area (Å²) in [4.78, 5) is 24.2. The predicted octanol–water partition coefficient (Wildman–Crippen LogP) is 3.58. The van der Waals surface area contributed by atoms with Crippen molar-refractivity contribution in [2.75, 3.05) is 6.61 Å². The van der Waals surface area contributed by atoms with Gasteiger partial charge in [0.15, 0.2) is 5.75 Å². The summed E-state index contributed by atoms with van der Waals surface area (Å²) in [6.07, 6.45) is 1.42. The minimum Gasteiger partial charge on any atom is -0.489 e. The van der Waals surface area contributed by atoms with Crippen molar-refractivity contribution in [3.8, 4) is 16.9 Å². The Bertz CT molecular complexity index is 1230. The van der Waals surface area contributed by atoms with Crippen molar-refractivity contribution >= 4 is 28.5 Å². The van der Waals surface area contributed by atoms with Crippen LogP contribution < -0.4 is 15.5 Å². The standard InChI is InChI=1S/C21H17ClN2O4/c1-10-9-28-20-13(11-4-12-6-23-7-15(12)17(22)5-11)2-3-14-18(20)24(10)8-16(19(14)25)21(26)27/h2-5,8,10,23H,6-7,9H2,1H3,(H,26,27)/t10-/m0/s1. The first kappa shape index (κ1) is 17.3. The number of benzene rings is 2. The van der Waals surface area contributed by atoms with Crippen LogP contribution in [0.1, 0.15) is 34.5 Å². The zero-order valence-electron chi connectivity index (χ0n) is 15.1. The molecule has 1 aromatic heterocycles. The molecule has 0 unspecified atom stereocenters. The van der Waals surface area contributed by atoms with Gasteiger partial charge in [0.1, 0.15) is 12.2 Å². The highest BCUT2D eigenvalue weighted by Gasteiger charge is 2.26. The van der Waals surface area contributed by atoms with Gasteiger partial charge >= 0.3 is 5.97 Å². The number of nitrogens with one attached hydrogen (secondary N) is 1. The number of carbonyl (C=O) groups is 1. The number of nitrogens with zero attached hydrogens (tertiary/aromatic N) is 1. The van der Waals surface area contributed by atoms with Crippen molar-refractivity contribution in [1.82, 2.24) is 9.88 Å². The lowest BCUT2D eigenvalue weighted by atomic mass is 9.97. The molecule has 2 N–H and O–H groups in total. The van der Waals surface area contributed by atoms with Crippen LogP contribution in [0.5, 0.6) is 5.75 Å². The molecule has 5 rings (SSSR count). The summed E-state index contributed by atoms with van der Waals surface area (Å²) < 4.78 is 7.87. The summed E-state index contributed by atoms with van der Waals surface area (Å²) in [7, 11) is 0. The van der Waals surface area contributed by atoms with E-state index in [1.165, 1.54) is 6.20 Å². The van der Waals surface area contributed by atoms with E-state index in [0.717, 1.165) is 35.3 Å². The van der Waals surface area contributed by atoms with Crippen molar-refractivity contribution in [2.24, 2.45) is 0 Å².